The van der Waals surface area contributed by atoms with Crippen LogP contribution in [0.3, 0.4) is 0 Å². The Morgan fingerprint density at radius 1 is 1.38 bits per heavy atom. The van der Waals surface area contributed by atoms with E-state index < -0.39 is 5.82 Å². The van der Waals surface area contributed by atoms with Crippen LogP contribution in [0.15, 0.2) is 36.0 Å². The van der Waals surface area contributed by atoms with Crippen LogP contribution >= 0.6 is 34.7 Å². The number of allylic oxidation sites excluding steroid dienone is 1. The largest absolute Gasteiger partial charge is 0.486 e. The molecule has 1 N–H and O–H groups in total. The van der Waals surface area contributed by atoms with Gasteiger partial charge in [-0.15, -0.1) is 16.8 Å². The predicted molar refractivity (Wildman–Crippen MR) is 130 cm³/mol. The van der Waals surface area contributed by atoms with Gasteiger partial charge in [0, 0.05) is 26.7 Å². The molecule has 1 aromatic carbocycles. The van der Waals surface area contributed by atoms with E-state index in [9.17, 15) is 14.0 Å². The zero-order chi connectivity index (χ0) is 24.8. The van der Waals surface area contributed by atoms with E-state index in [1.54, 1.807) is 31.7 Å². The number of halogens is 2. The van der Waals surface area contributed by atoms with Crippen LogP contribution in [-0.4, -0.2) is 56.3 Å². The van der Waals surface area contributed by atoms with E-state index in [0.717, 1.165) is 11.3 Å². The summed E-state index contributed by atoms with van der Waals surface area (Å²) in [7, 11) is 3.31. The highest BCUT2D eigenvalue weighted by Crippen LogP contribution is 2.25. The minimum absolute atomic E-state index is 0.0408. The highest BCUT2D eigenvalue weighted by atomic mass is 35.5. The Kier molecular flexibility index (Phi) is 8.64. The standard InChI is InChI=1S/C21H22ClFN6O3S2/c1-5-8-29-16(10-32-13-6-7-15(23)14(22)9-13)26-27-21(29)33-11-17(30)25-20-24-12(2)18(34-20)19(31)28(3)4/h5-7,9H,1,8,10-11H2,2-4H3,(H,24,25,30). The minimum atomic E-state index is -0.533. The van der Waals surface area contributed by atoms with E-state index in [4.69, 9.17) is 16.3 Å². The van der Waals surface area contributed by atoms with Crippen LogP contribution < -0.4 is 10.1 Å². The maximum Gasteiger partial charge on any atom is 0.265 e. The predicted octanol–water partition coefficient (Wildman–Crippen LogP) is 4.03. The Morgan fingerprint density at radius 3 is 2.82 bits per heavy atom. The number of nitrogens with zero attached hydrogens (tertiary/aromatic N) is 5. The van der Waals surface area contributed by atoms with Crippen molar-refractivity contribution in [3.8, 4) is 5.75 Å². The number of nitrogens with one attached hydrogen (secondary N) is 1. The number of thioether (sulfide) groups is 1. The van der Waals surface area contributed by atoms with Gasteiger partial charge in [-0.2, -0.15) is 0 Å². The first-order valence-electron chi connectivity index (χ1n) is 9.92. The molecule has 3 aromatic rings. The van der Waals surface area contributed by atoms with Crippen LogP contribution in [0.1, 0.15) is 21.2 Å². The summed E-state index contributed by atoms with van der Waals surface area (Å²) < 4.78 is 20.7. The van der Waals surface area contributed by atoms with E-state index in [1.807, 2.05) is 0 Å². The Morgan fingerprint density at radius 2 is 2.15 bits per heavy atom. The lowest BCUT2D eigenvalue weighted by molar-refractivity contribution is -0.113. The molecule has 0 saturated carbocycles. The van der Waals surface area contributed by atoms with Gasteiger partial charge in [0.25, 0.3) is 5.91 Å². The van der Waals surface area contributed by atoms with E-state index in [1.165, 1.54) is 34.9 Å². The number of hydrogen-bond acceptors (Lipinski definition) is 8. The lowest BCUT2D eigenvalue weighted by Gasteiger charge is -2.09. The second-order valence-electron chi connectivity index (χ2n) is 7.13. The molecule has 3 rings (SSSR count). The fraction of sp³-hybridized carbons (Fsp3) is 0.286. The molecule has 2 aromatic heterocycles. The fourth-order valence-electron chi connectivity index (χ4n) is 2.70. The third-order valence-electron chi connectivity index (χ3n) is 4.34. The molecule has 0 radical (unpaired) electrons. The number of anilines is 1. The Labute approximate surface area is 209 Å². The summed E-state index contributed by atoms with van der Waals surface area (Å²) >= 11 is 8.10. The van der Waals surface area contributed by atoms with Gasteiger partial charge < -0.3 is 15.0 Å². The van der Waals surface area contributed by atoms with Crippen molar-refractivity contribution < 1.29 is 18.7 Å². The molecule has 0 bridgehead atoms. The van der Waals surface area contributed by atoms with Crippen molar-refractivity contribution in [2.24, 2.45) is 0 Å². The number of rotatable bonds is 10. The number of carbonyl (C=O) groups is 2. The summed E-state index contributed by atoms with van der Waals surface area (Å²) in [5.41, 5.74) is 0.560. The number of benzene rings is 1. The average Bonchev–Trinajstić information content (AvgIpc) is 3.35. The second-order valence-corrected chi connectivity index (χ2v) is 9.48. The van der Waals surface area contributed by atoms with Crippen LogP contribution in [0.25, 0.3) is 0 Å². The van der Waals surface area contributed by atoms with Crippen LogP contribution in [0.5, 0.6) is 5.75 Å². The summed E-state index contributed by atoms with van der Waals surface area (Å²) in [4.78, 5) is 30.8. The summed E-state index contributed by atoms with van der Waals surface area (Å²) in [5, 5.41) is 11.8. The Balaban J connectivity index is 1.62. The first kappa shape index (κ1) is 25.7. The van der Waals surface area contributed by atoms with E-state index in [2.05, 4.69) is 27.1 Å². The number of hydrogen-bond donors (Lipinski definition) is 1. The maximum atomic E-state index is 13.3. The number of carbonyl (C=O) groups excluding carboxylic acids is 2. The Bertz CT molecular complexity index is 1210. The van der Waals surface area contributed by atoms with E-state index in [-0.39, 0.29) is 29.2 Å². The number of ether oxygens (including phenoxy) is 1. The lowest BCUT2D eigenvalue weighted by atomic mass is 10.3. The number of amides is 2. The fourth-order valence-corrected chi connectivity index (χ4v) is 4.64. The molecule has 13 heteroatoms. The van der Waals surface area contributed by atoms with Gasteiger partial charge in [-0.25, -0.2) is 9.37 Å². The number of aryl methyl sites for hydroxylation is 1. The highest BCUT2D eigenvalue weighted by molar-refractivity contribution is 7.99. The van der Waals surface area contributed by atoms with Crippen molar-refractivity contribution in [3.63, 3.8) is 0 Å². The second kappa shape index (κ2) is 11.4. The molecule has 0 atom stereocenters. The van der Waals surface area contributed by atoms with Gasteiger partial charge in [0.2, 0.25) is 5.91 Å². The quantitative estimate of drug-likeness (QED) is 0.315. The molecule has 0 aliphatic carbocycles. The first-order valence-corrected chi connectivity index (χ1v) is 12.1. The lowest BCUT2D eigenvalue weighted by Crippen LogP contribution is -2.21. The van der Waals surface area contributed by atoms with E-state index >= 15 is 0 Å². The normalized spacial score (nSPS) is 10.7. The number of thiazole rings is 1. The highest BCUT2D eigenvalue weighted by Gasteiger charge is 2.19. The third-order valence-corrected chi connectivity index (χ3v) is 6.66. The summed E-state index contributed by atoms with van der Waals surface area (Å²) in [6.45, 7) is 5.93. The molecule has 9 nitrogen and oxygen atoms in total. The van der Waals surface area contributed by atoms with Crippen molar-refractivity contribution >= 4 is 51.6 Å². The average molecular weight is 525 g/mol. The van der Waals surface area contributed by atoms with Crippen LogP contribution in [-0.2, 0) is 17.9 Å². The van der Waals surface area contributed by atoms with Gasteiger partial charge in [-0.1, -0.05) is 40.8 Å². The van der Waals surface area contributed by atoms with Gasteiger partial charge in [-0.05, 0) is 19.1 Å². The van der Waals surface area contributed by atoms with Gasteiger partial charge in [0.05, 0.1) is 16.5 Å². The molecule has 0 unspecified atom stereocenters. The van der Waals surface area contributed by atoms with Crippen molar-refractivity contribution in [2.75, 3.05) is 25.2 Å². The van der Waals surface area contributed by atoms with Gasteiger partial charge >= 0.3 is 0 Å². The van der Waals surface area contributed by atoms with Gasteiger partial charge in [0.1, 0.15) is 23.1 Å². The topological polar surface area (TPSA) is 102 Å². The number of aromatic nitrogens is 4. The molecule has 0 aliphatic heterocycles. The molecule has 34 heavy (non-hydrogen) atoms. The molecular formula is C21H22ClFN6O3S2. The van der Waals surface area contributed by atoms with Crippen molar-refractivity contribution in [1.82, 2.24) is 24.6 Å². The molecule has 0 aliphatic rings. The Hall–Kier alpha value is -2.96. The minimum Gasteiger partial charge on any atom is -0.486 e. The van der Waals surface area contributed by atoms with Crippen molar-refractivity contribution in [1.29, 1.82) is 0 Å². The van der Waals surface area contributed by atoms with Crippen LogP contribution in [0.4, 0.5) is 9.52 Å². The molecule has 0 spiro atoms. The summed E-state index contributed by atoms with van der Waals surface area (Å²) in [6.07, 6.45) is 1.67. The smallest absolute Gasteiger partial charge is 0.265 e. The van der Waals surface area contributed by atoms with Crippen LogP contribution in [0.2, 0.25) is 5.02 Å². The van der Waals surface area contributed by atoms with Gasteiger partial charge in [-0.3, -0.25) is 14.2 Å². The monoisotopic (exact) mass is 524 g/mol. The first-order chi connectivity index (χ1) is 16.2. The maximum absolute atomic E-state index is 13.3. The summed E-state index contributed by atoms with van der Waals surface area (Å²) in [5.74, 6) is -0.0484. The van der Waals surface area contributed by atoms with Gasteiger partial charge in [0.15, 0.2) is 16.1 Å². The molecule has 180 valence electrons. The summed E-state index contributed by atoms with van der Waals surface area (Å²) in [6, 6.07) is 4.06. The molecule has 0 saturated heterocycles. The molecular weight excluding hydrogens is 503 g/mol. The molecule has 0 fully saturated rings. The molecule has 2 amide bonds. The van der Waals surface area contributed by atoms with Crippen molar-refractivity contribution in [2.45, 2.75) is 25.2 Å². The molecule has 2 heterocycles. The van der Waals surface area contributed by atoms with Crippen molar-refractivity contribution in [3.05, 3.63) is 58.1 Å². The van der Waals surface area contributed by atoms with E-state index in [0.29, 0.717) is 39.0 Å². The zero-order valence-electron chi connectivity index (χ0n) is 18.7. The third kappa shape index (κ3) is 6.33. The van der Waals surface area contributed by atoms with Crippen LogP contribution in [0, 0.1) is 12.7 Å². The zero-order valence-corrected chi connectivity index (χ0v) is 21.1. The SMILES string of the molecule is C=CCn1c(COc2ccc(F)c(Cl)c2)nnc1SCC(=O)Nc1nc(C)c(C(=O)N(C)C)s1.